The van der Waals surface area contributed by atoms with Crippen LogP contribution < -0.4 is 19.5 Å². The highest BCUT2D eigenvalue weighted by Crippen LogP contribution is 2.32. The predicted octanol–water partition coefficient (Wildman–Crippen LogP) is 3.87. The van der Waals surface area contributed by atoms with Gasteiger partial charge in [0, 0.05) is 22.7 Å². The van der Waals surface area contributed by atoms with Crippen molar-refractivity contribution < 1.29 is 19.0 Å². The first-order valence-corrected chi connectivity index (χ1v) is 9.02. The van der Waals surface area contributed by atoms with Gasteiger partial charge in [0.1, 0.15) is 5.75 Å². The molecule has 2 aromatic carbocycles. The van der Waals surface area contributed by atoms with Gasteiger partial charge in [0.25, 0.3) is 5.91 Å². The molecule has 1 heterocycles. The van der Waals surface area contributed by atoms with Crippen molar-refractivity contribution in [1.29, 1.82) is 0 Å². The van der Waals surface area contributed by atoms with Gasteiger partial charge >= 0.3 is 0 Å². The van der Waals surface area contributed by atoms with Gasteiger partial charge in [0.2, 0.25) is 5.13 Å². The minimum Gasteiger partial charge on any atom is -0.494 e. The molecule has 140 valence electrons. The maximum atomic E-state index is 12.4. The van der Waals surface area contributed by atoms with Crippen molar-refractivity contribution >= 4 is 22.6 Å². The summed E-state index contributed by atoms with van der Waals surface area (Å²) >= 11 is 1.11. The number of rotatable bonds is 7. The SMILES string of the molecule is CCOc1ccc(C(=O)Nc2nc(-c3ccc(OC)c(OC)c3)ns2)cc1. The van der Waals surface area contributed by atoms with Gasteiger partial charge in [-0.15, -0.1) is 0 Å². The van der Waals surface area contributed by atoms with Crippen molar-refractivity contribution in [3.05, 3.63) is 48.0 Å². The minimum atomic E-state index is -0.256. The van der Waals surface area contributed by atoms with Crippen LogP contribution in [-0.4, -0.2) is 36.1 Å². The summed E-state index contributed by atoms with van der Waals surface area (Å²) in [7, 11) is 3.14. The van der Waals surface area contributed by atoms with E-state index in [4.69, 9.17) is 14.2 Å². The summed E-state index contributed by atoms with van der Waals surface area (Å²) in [5.74, 6) is 2.18. The maximum Gasteiger partial charge on any atom is 0.257 e. The number of carbonyl (C=O) groups is 1. The van der Waals surface area contributed by atoms with E-state index in [1.54, 1.807) is 50.6 Å². The average molecular weight is 385 g/mol. The highest BCUT2D eigenvalue weighted by atomic mass is 32.1. The highest BCUT2D eigenvalue weighted by Gasteiger charge is 2.13. The van der Waals surface area contributed by atoms with E-state index in [0.29, 0.717) is 34.6 Å². The molecule has 0 radical (unpaired) electrons. The molecule has 0 atom stereocenters. The van der Waals surface area contributed by atoms with Gasteiger partial charge in [-0.3, -0.25) is 10.1 Å². The molecular weight excluding hydrogens is 366 g/mol. The molecule has 0 spiro atoms. The van der Waals surface area contributed by atoms with Crippen LogP contribution in [0.3, 0.4) is 0 Å². The predicted molar refractivity (Wildman–Crippen MR) is 104 cm³/mol. The Morgan fingerprint density at radius 2 is 1.81 bits per heavy atom. The van der Waals surface area contributed by atoms with Crippen molar-refractivity contribution in [2.45, 2.75) is 6.92 Å². The number of nitrogens with zero attached hydrogens (tertiary/aromatic N) is 2. The zero-order valence-electron chi connectivity index (χ0n) is 15.2. The summed E-state index contributed by atoms with van der Waals surface area (Å²) in [6.07, 6.45) is 0. The Kier molecular flexibility index (Phi) is 5.87. The Hall–Kier alpha value is -3.13. The molecule has 0 aliphatic heterocycles. The van der Waals surface area contributed by atoms with Gasteiger partial charge < -0.3 is 14.2 Å². The van der Waals surface area contributed by atoms with Crippen molar-refractivity contribution in [2.75, 3.05) is 26.1 Å². The first-order valence-electron chi connectivity index (χ1n) is 8.25. The molecule has 1 amide bonds. The van der Waals surface area contributed by atoms with Crippen LogP contribution in [0.1, 0.15) is 17.3 Å². The normalized spacial score (nSPS) is 10.3. The van der Waals surface area contributed by atoms with Gasteiger partial charge in [-0.05, 0) is 49.4 Å². The third-order valence-corrected chi connectivity index (χ3v) is 4.35. The lowest BCUT2D eigenvalue weighted by Gasteiger charge is -2.07. The summed E-state index contributed by atoms with van der Waals surface area (Å²) in [5.41, 5.74) is 1.28. The number of aromatic nitrogens is 2. The van der Waals surface area contributed by atoms with Crippen LogP contribution in [0.25, 0.3) is 11.4 Å². The van der Waals surface area contributed by atoms with Crippen molar-refractivity contribution in [1.82, 2.24) is 9.36 Å². The number of methoxy groups -OCH3 is 2. The number of amides is 1. The average Bonchev–Trinajstić information content (AvgIpc) is 3.16. The Morgan fingerprint density at radius 3 is 2.48 bits per heavy atom. The summed E-state index contributed by atoms with van der Waals surface area (Å²) in [6.45, 7) is 2.49. The molecule has 0 saturated carbocycles. The number of nitrogens with one attached hydrogen (secondary N) is 1. The Morgan fingerprint density at radius 1 is 1.07 bits per heavy atom. The molecule has 0 saturated heterocycles. The number of hydrogen-bond acceptors (Lipinski definition) is 7. The first-order chi connectivity index (χ1) is 13.1. The number of ether oxygens (including phenoxy) is 3. The molecule has 0 aliphatic carbocycles. The van der Waals surface area contributed by atoms with E-state index in [-0.39, 0.29) is 5.91 Å². The van der Waals surface area contributed by atoms with E-state index in [1.807, 2.05) is 13.0 Å². The number of anilines is 1. The van der Waals surface area contributed by atoms with Crippen LogP contribution >= 0.6 is 11.5 Å². The zero-order chi connectivity index (χ0) is 19.2. The zero-order valence-corrected chi connectivity index (χ0v) is 16.0. The second-order valence-electron chi connectivity index (χ2n) is 5.40. The Bertz CT molecular complexity index is 925. The lowest BCUT2D eigenvalue weighted by atomic mass is 10.2. The molecular formula is C19H19N3O4S. The molecule has 1 N–H and O–H groups in total. The van der Waals surface area contributed by atoms with Gasteiger partial charge in [-0.2, -0.15) is 9.36 Å². The Balaban J connectivity index is 1.73. The van der Waals surface area contributed by atoms with E-state index < -0.39 is 0 Å². The van der Waals surface area contributed by atoms with Crippen LogP contribution in [0.15, 0.2) is 42.5 Å². The van der Waals surface area contributed by atoms with Crippen LogP contribution in [0, 0.1) is 0 Å². The molecule has 0 bridgehead atoms. The quantitative estimate of drug-likeness (QED) is 0.665. The molecule has 3 aromatic rings. The summed E-state index contributed by atoms with van der Waals surface area (Å²) < 4.78 is 20.2. The monoisotopic (exact) mass is 385 g/mol. The molecule has 3 rings (SSSR count). The van der Waals surface area contributed by atoms with Crippen LogP contribution in [0.5, 0.6) is 17.2 Å². The number of benzene rings is 2. The van der Waals surface area contributed by atoms with Gasteiger partial charge in [-0.25, -0.2) is 0 Å². The lowest BCUT2D eigenvalue weighted by molar-refractivity contribution is 0.102. The fraction of sp³-hybridized carbons (Fsp3) is 0.211. The van der Waals surface area contributed by atoms with Crippen LogP contribution in [0.4, 0.5) is 5.13 Å². The fourth-order valence-corrected chi connectivity index (χ4v) is 2.99. The van der Waals surface area contributed by atoms with E-state index in [9.17, 15) is 4.79 Å². The molecule has 7 nitrogen and oxygen atoms in total. The van der Waals surface area contributed by atoms with Gasteiger partial charge in [0.15, 0.2) is 17.3 Å². The second kappa shape index (κ2) is 8.50. The molecule has 8 heteroatoms. The van der Waals surface area contributed by atoms with Crippen LogP contribution in [0.2, 0.25) is 0 Å². The second-order valence-corrected chi connectivity index (χ2v) is 6.16. The van der Waals surface area contributed by atoms with Crippen molar-refractivity contribution in [2.24, 2.45) is 0 Å². The largest absolute Gasteiger partial charge is 0.494 e. The molecule has 1 aromatic heterocycles. The lowest BCUT2D eigenvalue weighted by Crippen LogP contribution is -2.11. The summed E-state index contributed by atoms with van der Waals surface area (Å²) in [6, 6.07) is 12.3. The standard InChI is InChI=1S/C19H19N3O4S/c1-4-26-14-8-5-12(6-9-14)18(23)21-19-20-17(22-27-19)13-7-10-15(24-2)16(11-13)25-3/h5-11H,4H2,1-3H3,(H,20,21,22,23). The van der Waals surface area contributed by atoms with E-state index >= 15 is 0 Å². The van der Waals surface area contributed by atoms with E-state index in [2.05, 4.69) is 14.7 Å². The Labute approximate surface area is 161 Å². The van der Waals surface area contributed by atoms with E-state index in [0.717, 1.165) is 22.8 Å². The van der Waals surface area contributed by atoms with Crippen molar-refractivity contribution in [3.8, 4) is 28.6 Å². The summed E-state index contributed by atoms with van der Waals surface area (Å²) in [4.78, 5) is 16.7. The van der Waals surface area contributed by atoms with Crippen LogP contribution in [-0.2, 0) is 0 Å². The molecule has 0 unspecified atom stereocenters. The number of hydrogen-bond donors (Lipinski definition) is 1. The van der Waals surface area contributed by atoms with E-state index in [1.165, 1.54) is 0 Å². The number of carbonyl (C=O) groups excluding carboxylic acids is 1. The molecule has 0 aliphatic rings. The third kappa shape index (κ3) is 4.35. The smallest absolute Gasteiger partial charge is 0.257 e. The topological polar surface area (TPSA) is 82.6 Å². The van der Waals surface area contributed by atoms with Gasteiger partial charge in [-0.1, -0.05) is 0 Å². The molecule has 27 heavy (non-hydrogen) atoms. The fourth-order valence-electron chi connectivity index (χ4n) is 2.41. The minimum absolute atomic E-state index is 0.256. The first kappa shape index (κ1) is 18.7. The third-order valence-electron chi connectivity index (χ3n) is 3.72. The van der Waals surface area contributed by atoms with Crippen molar-refractivity contribution in [3.63, 3.8) is 0 Å². The summed E-state index contributed by atoms with van der Waals surface area (Å²) in [5, 5.41) is 3.18. The van der Waals surface area contributed by atoms with Gasteiger partial charge in [0.05, 0.1) is 20.8 Å². The molecule has 0 fully saturated rings. The highest BCUT2D eigenvalue weighted by molar-refractivity contribution is 7.10. The maximum absolute atomic E-state index is 12.4.